The second-order valence-corrected chi connectivity index (χ2v) is 7.50. The largest absolute Gasteiger partial charge is 0.386 e. The van der Waals surface area contributed by atoms with Gasteiger partial charge in [-0.15, -0.1) is 12.4 Å². The SMILES string of the molecule is CN(C)C(=O)CC(O)c1cc2n(n1)CCN(C(=O)CC1CCNCC1)C2.Cl. The van der Waals surface area contributed by atoms with Crippen molar-refractivity contribution in [2.45, 2.75) is 44.9 Å². The van der Waals surface area contributed by atoms with Crippen molar-refractivity contribution in [1.82, 2.24) is 24.9 Å². The number of rotatable bonds is 5. The number of nitrogens with zero attached hydrogens (tertiary/aromatic N) is 4. The summed E-state index contributed by atoms with van der Waals surface area (Å²) in [6.07, 6.45) is 1.84. The van der Waals surface area contributed by atoms with Crippen molar-refractivity contribution in [2.75, 3.05) is 33.7 Å². The third kappa shape index (κ3) is 5.43. The molecule has 1 aromatic rings. The zero-order chi connectivity index (χ0) is 18.7. The number of amides is 2. The standard InChI is InChI=1S/C18H29N5O3.ClH/c1-21(2)17(25)11-16(24)15-10-14-12-22(7-8-23(14)20-15)18(26)9-13-3-5-19-6-4-13;/h10,13,16,19,24H,3-9,11-12H2,1-2H3;1H. The molecule has 0 saturated carbocycles. The van der Waals surface area contributed by atoms with Gasteiger partial charge in [0.1, 0.15) is 6.10 Å². The lowest BCUT2D eigenvalue weighted by Gasteiger charge is -2.30. The van der Waals surface area contributed by atoms with E-state index in [2.05, 4.69) is 10.4 Å². The van der Waals surface area contributed by atoms with Crippen LogP contribution in [0.4, 0.5) is 0 Å². The van der Waals surface area contributed by atoms with Gasteiger partial charge in [-0.1, -0.05) is 0 Å². The number of piperidine rings is 1. The maximum Gasteiger partial charge on any atom is 0.225 e. The number of carbonyl (C=O) groups is 2. The van der Waals surface area contributed by atoms with Crippen LogP contribution in [0.1, 0.15) is 43.2 Å². The van der Waals surface area contributed by atoms with Crippen LogP contribution in [0, 0.1) is 5.92 Å². The molecule has 0 bridgehead atoms. The molecule has 0 aliphatic carbocycles. The molecule has 1 saturated heterocycles. The number of hydrogen-bond acceptors (Lipinski definition) is 5. The maximum atomic E-state index is 12.6. The van der Waals surface area contributed by atoms with Gasteiger partial charge in [0.25, 0.3) is 0 Å². The fraction of sp³-hybridized carbons (Fsp3) is 0.722. The molecule has 0 spiro atoms. The fourth-order valence-electron chi connectivity index (χ4n) is 3.58. The predicted molar refractivity (Wildman–Crippen MR) is 103 cm³/mol. The van der Waals surface area contributed by atoms with Gasteiger partial charge in [-0.25, -0.2) is 0 Å². The summed E-state index contributed by atoms with van der Waals surface area (Å²) in [7, 11) is 3.33. The highest BCUT2D eigenvalue weighted by atomic mass is 35.5. The topological polar surface area (TPSA) is 90.7 Å². The van der Waals surface area contributed by atoms with Gasteiger partial charge in [0.2, 0.25) is 11.8 Å². The van der Waals surface area contributed by atoms with E-state index in [1.54, 1.807) is 14.1 Å². The van der Waals surface area contributed by atoms with Crippen LogP contribution in [-0.2, 0) is 22.7 Å². The predicted octanol–water partition coefficient (Wildman–Crippen LogP) is 0.548. The van der Waals surface area contributed by atoms with Gasteiger partial charge in [0.05, 0.1) is 30.9 Å². The Kier molecular flexibility index (Phi) is 7.64. The summed E-state index contributed by atoms with van der Waals surface area (Å²) < 4.78 is 1.84. The first-order valence-corrected chi connectivity index (χ1v) is 9.37. The summed E-state index contributed by atoms with van der Waals surface area (Å²) in [6, 6.07) is 1.82. The van der Waals surface area contributed by atoms with Gasteiger partial charge in [-0.2, -0.15) is 5.10 Å². The van der Waals surface area contributed by atoms with Crippen LogP contribution in [0.5, 0.6) is 0 Å². The molecule has 152 valence electrons. The third-order valence-electron chi connectivity index (χ3n) is 5.30. The highest BCUT2D eigenvalue weighted by Crippen LogP contribution is 2.23. The summed E-state index contributed by atoms with van der Waals surface area (Å²) in [5.74, 6) is 0.543. The molecule has 27 heavy (non-hydrogen) atoms. The summed E-state index contributed by atoms with van der Waals surface area (Å²) in [6.45, 7) is 3.78. The number of nitrogens with one attached hydrogen (secondary N) is 1. The molecule has 8 nitrogen and oxygen atoms in total. The van der Waals surface area contributed by atoms with E-state index < -0.39 is 6.10 Å². The Morgan fingerprint density at radius 2 is 2.04 bits per heavy atom. The van der Waals surface area contributed by atoms with Gasteiger partial charge in [0, 0.05) is 27.1 Å². The maximum absolute atomic E-state index is 12.6. The van der Waals surface area contributed by atoms with Crippen molar-refractivity contribution in [3.05, 3.63) is 17.5 Å². The van der Waals surface area contributed by atoms with Crippen LogP contribution in [0.15, 0.2) is 6.07 Å². The smallest absolute Gasteiger partial charge is 0.225 e. The highest BCUT2D eigenvalue weighted by Gasteiger charge is 2.27. The minimum Gasteiger partial charge on any atom is -0.386 e. The molecule has 9 heteroatoms. The van der Waals surface area contributed by atoms with Crippen LogP contribution in [0.3, 0.4) is 0 Å². The van der Waals surface area contributed by atoms with Crippen LogP contribution in [0.2, 0.25) is 0 Å². The molecule has 2 amide bonds. The van der Waals surface area contributed by atoms with E-state index in [1.165, 1.54) is 4.90 Å². The average Bonchev–Trinajstić information content (AvgIpc) is 3.05. The lowest BCUT2D eigenvalue weighted by molar-refractivity contribution is -0.134. The van der Waals surface area contributed by atoms with Crippen LogP contribution in [0.25, 0.3) is 0 Å². The Hall–Kier alpha value is -1.64. The van der Waals surface area contributed by atoms with Gasteiger partial charge >= 0.3 is 0 Å². The zero-order valence-electron chi connectivity index (χ0n) is 16.1. The minimum atomic E-state index is -0.915. The number of hydrogen-bond donors (Lipinski definition) is 2. The van der Waals surface area contributed by atoms with E-state index in [0.29, 0.717) is 37.7 Å². The zero-order valence-corrected chi connectivity index (χ0v) is 16.9. The Morgan fingerprint density at radius 1 is 1.33 bits per heavy atom. The number of fused-ring (bicyclic) bond motifs is 1. The van der Waals surface area contributed by atoms with Crippen LogP contribution in [-0.4, -0.2) is 70.2 Å². The summed E-state index contributed by atoms with van der Waals surface area (Å²) >= 11 is 0. The Labute approximate surface area is 166 Å². The molecular weight excluding hydrogens is 370 g/mol. The van der Waals surface area contributed by atoms with Crippen molar-refractivity contribution >= 4 is 24.2 Å². The number of aliphatic hydroxyl groups excluding tert-OH is 1. The van der Waals surface area contributed by atoms with E-state index in [4.69, 9.17) is 0 Å². The number of carbonyl (C=O) groups excluding carboxylic acids is 2. The van der Waals surface area contributed by atoms with Gasteiger partial charge in [-0.3, -0.25) is 14.3 Å². The average molecular weight is 400 g/mol. The first kappa shape index (κ1) is 21.7. The molecular formula is C18H30ClN5O3. The van der Waals surface area contributed by atoms with E-state index >= 15 is 0 Å². The van der Waals surface area contributed by atoms with Gasteiger partial charge in [-0.05, 0) is 37.9 Å². The molecule has 1 aromatic heterocycles. The molecule has 3 heterocycles. The van der Waals surface area contributed by atoms with Crippen molar-refractivity contribution < 1.29 is 14.7 Å². The Balaban J connectivity index is 0.00000261. The lowest BCUT2D eigenvalue weighted by Crippen LogP contribution is -2.40. The van der Waals surface area contributed by atoms with Crippen molar-refractivity contribution in [1.29, 1.82) is 0 Å². The van der Waals surface area contributed by atoms with Crippen LogP contribution < -0.4 is 5.32 Å². The molecule has 0 aromatic carbocycles. The Morgan fingerprint density at radius 3 is 2.70 bits per heavy atom. The van der Waals surface area contributed by atoms with Crippen molar-refractivity contribution in [3.63, 3.8) is 0 Å². The fourth-order valence-corrected chi connectivity index (χ4v) is 3.58. The van der Waals surface area contributed by atoms with E-state index in [1.807, 2.05) is 15.6 Å². The van der Waals surface area contributed by atoms with Crippen molar-refractivity contribution in [2.24, 2.45) is 5.92 Å². The number of halogens is 1. The molecule has 2 aliphatic heterocycles. The van der Waals surface area contributed by atoms with E-state index in [-0.39, 0.29) is 30.6 Å². The molecule has 1 atom stereocenters. The van der Waals surface area contributed by atoms with Crippen molar-refractivity contribution in [3.8, 4) is 0 Å². The van der Waals surface area contributed by atoms with Gasteiger partial charge in [0.15, 0.2) is 0 Å². The normalized spacial score (nSPS) is 18.4. The van der Waals surface area contributed by atoms with E-state index in [9.17, 15) is 14.7 Å². The molecule has 1 fully saturated rings. The number of aromatic nitrogens is 2. The van der Waals surface area contributed by atoms with Crippen LogP contribution >= 0.6 is 12.4 Å². The lowest BCUT2D eigenvalue weighted by atomic mass is 9.94. The quantitative estimate of drug-likeness (QED) is 0.754. The summed E-state index contributed by atoms with van der Waals surface area (Å²) in [5.41, 5.74) is 1.42. The molecule has 1 unspecified atom stereocenters. The first-order chi connectivity index (χ1) is 12.4. The monoisotopic (exact) mass is 399 g/mol. The molecule has 2 N–H and O–H groups in total. The molecule has 0 radical (unpaired) electrons. The second-order valence-electron chi connectivity index (χ2n) is 7.50. The highest BCUT2D eigenvalue weighted by molar-refractivity contribution is 5.85. The van der Waals surface area contributed by atoms with E-state index in [0.717, 1.165) is 31.6 Å². The number of aliphatic hydroxyl groups is 1. The Bertz CT molecular complexity index is 657. The summed E-state index contributed by atoms with van der Waals surface area (Å²) in [5, 5.41) is 18.0. The van der Waals surface area contributed by atoms with Gasteiger partial charge < -0.3 is 20.2 Å². The molecule has 2 aliphatic rings. The minimum absolute atomic E-state index is 0. The second kappa shape index (κ2) is 9.52. The third-order valence-corrected chi connectivity index (χ3v) is 5.30. The first-order valence-electron chi connectivity index (χ1n) is 9.37. The molecule has 3 rings (SSSR count). The summed E-state index contributed by atoms with van der Waals surface area (Å²) in [4.78, 5) is 27.7.